The first-order valence-electron chi connectivity index (χ1n) is 6.64. The van der Waals surface area contributed by atoms with Gasteiger partial charge in [0, 0.05) is 10.2 Å². The van der Waals surface area contributed by atoms with Crippen LogP contribution >= 0.6 is 27.5 Å². The number of carbonyl (C=O) groups excluding carboxylic acids is 1. The van der Waals surface area contributed by atoms with Gasteiger partial charge in [0.1, 0.15) is 0 Å². The summed E-state index contributed by atoms with van der Waals surface area (Å²) in [5.74, 6) is -2.28. The van der Waals surface area contributed by atoms with Crippen LogP contribution in [0.15, 0.2) is 34.8 Å². The predicted molar refractivity (Wildman–Crippen MR) is 83.1 cm³/mol. The van der Waals surface area contributed by atoms with Crippen molar-refractivity contribution in [3.63, 3.8) is 0 Å². The third-order valence-corrected chi connectivity index (χ3v) is 5.45. The molecule has 0 heterocycles. The van der Waals surface area contributed by atoms with Crippen LogP contribution in [0.2, 0.25) is 5.02 Å². The molecule has 1 amide bonds. The number of allylic oxidation sites excluding steroid dienone is 2. The molecule has 2 unspecified atom stereocenters. The van der Waals surface area contributed by atoms with Crippen LogP contribution in [0.4, 0.5) is 5.69 Å². The monoisotopic (exact) mass is 369 g/mol. The molecule has 6 heteroatoms. The normalized spacial score (nSPS) is 29.6. The van der Waals surface area contributed by atoms with Crippen molar-refractivity contribution in [1.82, 2.24) is 0 Å². The Hall–Kier alpha value is -1.33. The van der Waals surface area contributed by atoms with E-state index in [0.29, 0.717) is 15.2 Å². The number of hydrogen-bond donors (Lipinski definition) is 2. The molecule has 1 saturated carbocycles. The zero-order valence-electron chi connectivity index (χ0n) is 10.9. The van der Waals surface area contributed by atoms with Gasteiger partial charge < -0.3 is 10.4 Å². The number of carboxylic acid groups (broad SMARTS) is 1. The van der Waals surface area contributed by atoms with Crippen LogP contribution in [0, 0.1) is 23.7 Å². The van der Waals surface area contributed by atoms with Crippen LogP contribution < -0.4 is 5.32 Å². The van der Waals surface area contributed by atoms with Gasteiger partial charge in [0.2, 0.25) is 5.91 Å². The quantitative estimate of drug-likeness (QED) is 0.800. The van der Waals surface area contributed by atoms with Crippen molar-refractivity contribution < 1.29 is 14.7 Å². The lowest BCUT2D eigenvalue weighted by Crippen LogP contribution is -2.36. The fourth-order valence-corrected chi connectivity index (χ4v) is 3.81. The lowest BCUT2D eigenvalue weighted by Gasteiger charge is -2.23. The van der Waals surface area contributed by atoms with Gasteiger partial charge in [0.05, 0.1) is 16.9 Å². The minimum atomic E-state index is -0.899. The van der Waals surface area contributed by atoms with Gasteiger partial charge in [-0.15, -0.1) is 0 Å². The van der Waals surface area contributed by atoms with Crippen LogP contribution in [-0.4, -0.2) is 17.0 Å². The number of hydrogen-bond acceptors (Lipinski definition) is 2. The molecular weight excluding hydrogens is 358 g/mol. The van der Waals surface area contributed by atoms with Crippen molar-refractivity contribution in [3.8, 4) is 0 Å². The van der Waals surface area contributed by atoms with Crippen molar-refractivity contribution >= 4 is 45.1 Å². The van der Waals surface area contributed by atoms with E-state index in [1.54, 1.807) is 18.2 Å². The summed E-state index contributed by atoms with van der Waals surface area (Å²) in [5.41, 5.74) is 0.604. The molecule has 0 radical (unpaired) electrons. The first kappa shape index (κ1) is 14.6. The van der Waals surface area contributed by atoms with Gasteiger partial charge >= 0.3 is 5.97 Å². The summed E-state index contributed by atoms with van der Waals surface area (Å²) in [6.45, 7) is 0. The highest BCUT2D eigenvalue weighted by molar-refractivity contribution is 9.10. The molecular formula is C15H13BrClNO3. The number of carbonyl (C=O) groups is 2. The Bertz CT molecular complexity index is 646. The van der Waals surface area contributed by atoms with E-state index in [4.69, 9.17) is 11.6 Å². The van der Waals surface area contributed by atoms with Crippen LogP contribution in [0.25, 0.3) is 0 Å². The second-order valence-corrected chi connectivity index (χ2v) is 6.72. The number of anilines is 1. The van der Waals surface area contributed by atoms with Gasteiger partial charge in [-0.1, -0.05) is 23.8 Å². The Morgan fingerprint density at radius 3 is 2.52 bits per heavy atom. The average Bonchev–Trinajstić information content (AvgIpc) is 3.03. The fourth-order valence-electron chi connectivity index (χ4n) is 3.32. The summed E-state index contributed by atoms with van der Waals surface area (Å²) in [5, 5.41) is 12.7. The van der Waals surface area contributed by atoms with Crippen molar-refractivity contribution in [1.29, 1.82) is 0 Å². The Balaban J connectivity index is 1.80. The van der Waals surface area contributed by atoms with Crippen molar-refractivity contribution in [3.05, 3.63) is 39.8 Å². The van der Waals surface area contributed by atoms with Gasteiger partial charge in [-0.05, 0) is 52.4 Å². The number of carboxylic acids is 1. The van der Waals surface area contributed by atoms with E-state index in [1.807, 2.05) is 12.2 Å². The highest BCUT2D eigenvalue weighted by atomic mass is 79.9. The van der Waals surface area contributed by atoms with E-state index in [9.17, 15) is 14.7 Å². The third kappa shape index (κ3) is 2.60. The molecule has 4 nitrogen and oxygen atoms in total. The van der Waals surface area contributed by atoms with Crippen molar-refractivity contribution in [2.24, 2.45) is 23.7 Å². The van der Waals surface area contributed by atoms with E-state index in [-0.39, 0.29) is 17.7 Å². The van der Waals surface area contributed by atoms with E-state index >= 15 is 0 Å². The molecule has 4 atom stereocenters. The second kappa shape index (κ2) is 5.46. The predicted octanol–water partition coefficient (Wildman–Crippen LogP) is 3.56. The highest BCUT2D eigenvalue weighted by Gasteiger charge is 2.51. The Kier molecular flexibility index (Phi) is 3.80. The maximum Gasteiger partial charge on any atom is 0.307 e. The molecule has 21 heavy (non-hydrogen) atoms. The summed E-state index contributed by atoms with van der Waals surface area (Å²) < 4.78 is 0.685. The largest absolute Gasteiger partial charge is 0.481 e. The van der Waals surface area contributed by atoms with Crippen molar-refractivity contribution in [2.75, 3.05) is 5.32 Å². The SMILES string of the molecule is O=C(O)[C@@H]1C2C=CC(C2)[C@@H]1C(=O)Nc1ccc(Cl)c(Br)c1. The average molecular weight is 371 g/mol. The Morgan fingerprint density at radius 2 is 1.90 bits per heavy atom. The second-order valence-electron chi connectivity index (χ2n) is 5.46. The van der Waals surface area contributed by atoms with Crippen LogP contribution in [0.1, 0.15) is 6.42 Å². The molecule has 0 spiro atoms. The molecule has 2 aliphatic carbocycles. The zero-order chi connectivity index (χ0) is 15.1. The van der Waals surface area contributed by atoms with Gasteiger partial charge in [0.15, 0.2) is 0 Å². The standard InChI is InChI=1S/C15H13BrClNO3/c16-10-6-9(3-4-11(10)17)18-14(19)12-7-1-2-8(5-7)13(12)15(20)21/h1-4,6-8,12-13H,5H2,(H,18,19)(H,20,21)/t7?,8?,12-,13+/m0/s1. The molecule has 0 saturated heterocycles. The van der Waals surface area contributed by atoms with E-state index in [1.165, 1.54) is 0 Å². The van der Waals surface area contributed by atoms with E-state index < -0.39 is 17.8 Å². The number of amides is 1. The Labute approximate surface area is 135 Å². The number of fused-ring (bicyclic) bond motifs is 2. The van der Waals surface area contributed by atoms with Crippen LogP contribution in [-0.2, 0) is 9.59 Å². The Morgan fingerprint density at radius 1 is 1.24 bits per heavy atom. The molecule has 110 valence electrons. The molecule has 2 bridgehead atoms. The lowest BCUT2D eigenvalue weighted by molar-refractivity contribution is -0.146. The lowest BCUT2D eigenvalue weighted by atomic mass is 9.82. The maximum atomic E-state index is 12.5. The van der Waals surface area contributed by atoms with Gasteiger partial charge in [0.25, 0.3) is 0 Å². The first-order valence-corrected chi connectivity index (χ1v) is 7.81. The summed E-state index contributed by atoms with van der Waals surface area (Å²) >= 11 is 9.21. The molecule has 0 aliphatic heterocycles. The number of aliphatic carboxylic acids is 1. The minimum absolute atomic E-state index is 0.0202. The van der Waals surface area contributed by atoms with Crippen molar-refractivity contribution in [2.45, 2.75) is 6.42 Å². The number of halogens is 2. The summed E-state index contributed by atoms with van der Waals surface area (Å²) in [4.78, 5) is 23.9. The molecule has 2 aliphatic rings. The summed E-state index contributed by atoms with van der Waals surface area (Å²) in [6.07, 6.45) is 4.64. The summed E-state index contributed by atoms with van der Waals surface area (Å²) in [6, 6.07) is 5.08. The molecule has 3 rings (SSSR count). The first-order chi connectivity index (χ1) is 9.97. The van der Waals surface area contributed by atoms with Crippen LogP contribution in [0.5, 0.6) is 0 Å². The topological polar surface area (TPSA) is 66.4 Å². The fraction of sp³-hybridized carbons (Fsp3) is 0.333. The van der Waals surface area contributed by atoms with Gasteiger partial charge in [-0.25, -0.2) is 0 Å². The van der Waals surface area contributed by atoms with Crippen LogP contribution in [0.3, 0.4) is 0 Å². The molecule has 0 aromatic heterocycles. The minimum Gasteiger partial charge on any atom is -0.481 e. The van der Waals surface area contributed by atoms with Gasteiger partial charge in [-0.3, -0.25) is 9.59 Å². The molecule has 2 N–H and O–H groups in total. The van der Waals surface area contributed by atoms with Gasteiger partial charge in [-0.2, -0.15) is 0 Å². The number of nitrogens with one attached hydrogen (secondary N) is 1. The number of rotatable bonds is 3. The highest BCUT2D eigenvalue weighted by Crippen LogP contribution is 2.48. The maximum absolute atomic E-state index is 12.5. The number of benzene rings is 1. The smallest absolute Gasteiger partial charge is 0.307 e. The third-order valence-electron chi connectivity index (χ3n) is 4.23. The molecule has 1 aromatic rings. The molecule has 1 aromatic carbocycles. The molecule has 1 fully saturated rings. The summed E-state index contributed by atoms with van der Waals surface area (Å²) in [7, 11) is 0. The van der Waals surface area contributed by atoms with E-state index in [0.717, 1.165) is 6.42 Å². The zero-order valence-corrected chi connectivity index (χ0v) is 13.3. The van der Waals surface area contributed by atoms with E-state index in [2.05, 4.69) is 21.2 Å².